The van der Waals surface area contributed by atoms with E-state index in [0.29, 0.717) is 6.04 Å². The van der Waals surface area contributed by atoms with E-state index in [-0.39, 0.29) is 5.54 Å². The minimum absolute atomic E-state index is 0.185. The minimum Gasteiger partial charge on any atom is -0.329 e. The average molecular weight is 254 g/mol. The lowest BCUT2D eigenvalue weighted by atomic mass is 9.83. The van der Waals surface area contributed by atoms with E-state index in [2.05, 4.69) is 26.1 Å². The van der Waals surface area contributed by atoms with Gasteiger partial charge in [0.15, 0.2) is 0 Å². The molecule has 1 rings (SSSR count). The van der Waals surface area contributed by atoms with Gasteiger partial charge in [0.2, 0.25) is 0 Å². The molecule has 1 fully saturated rings. The predicted octanol–water partition coefficient (Wildman–Crippen LogP) is 3.84. The van der Waals surface area contributed by atoms with Crippen LogP contribution in [0, 0.1) is 5.92 Å². The van der Waals surface area contributed by atoms with Crippen LogP contribution >= 0.6 is 0 Å². The number of rotatable bonds is 7. The Bertz CT molecular complexity index is 203. The van der Waals surface area contributed by atoms with Gasteiger partial charge in [-0.2, -0.15) is 0 Å². The monoisotopic (exact) mass is 254 g/mol. The van der Waals surface area contributed by atoms with Gasteiger partial charge in [0.25, 0.3) is 0 Å². The molecule has 0 aromatic rings. The lowest BCUT2D eigenvalue weighted by Gasteiger charge is -2.38. The number of nitrogens with one attached hydrogen (secondary N) is 1. The van der Waals surface area contributed by atoms with Crippen LogP contribution < -0.4 is 11.1 Å². The Morgan fingerprint density at radius 2 is 1.78 bits per heavy atom. The molecule has 2 atom stereocenters. The van der Waals surface area contributed by atoms with Crippen LogP contribution in [0.1, 0.15) is 78.6 Å². The molecule has 1 saturated carbocycles. The van der Waals surface area contributed by atoms with Gasteiger partial charge < -0.3 is 11.1 Å². The van der Waals surface area contributed by atoms with Crippen molar-refractivity contribution in [1.29, 1.82) is 0 Å². The molecule has 0 amide bonds. The first-order valence-corrected chi connectivity index (χ1v) is 8.13. The van der Waals surface area contributed by atoms with E-state index in [0.717, 1.165) is 18.9 Å². The van der Waals surface area contributed by atoms with Crippen LogP contribution in [0.5, 0.6) is 0 Å². The Hall–Kier alpha value is -0.0800. The zero-order chi connectivity index (χ0) is 13.4. The number of hydrogen-bond acceptors (Lipinski definition) is 2. The smallest absolute Gasteiger partial charge is 0.0306 e. The first kappa shape index (κ1) is 16.0. The summed E-state index contributed by atoms with van der Waals surface area (Å²) in [5.41, 5.74) is 6.30. The summed E-state index contributed by atoms with van der Waals surface area (Å²) in [6, 6.07) is 0.708. The molecule has 2 heteroatoms. The van der Waals surface area contributed by atoms with Crippen molar-refractivity contribution >= 4 is 0 Å². The Morgan fingerprint density at radius 3 is 2.22 bits per heavy atom. The molecule has 0 aliphatic heterocycles. The molecule has 0 radical (unpaired) electrons. The fourth-order valence-electron chi connectivity index (χ4n) is 3.26. The van der Waals surface area contributed by atoms with Crippen molar-refractivity contribution in [1.82, 2.24) is 5.32 Å². The molecule has 0 aromatic heterocycles. The van der Waals surface area contributed by atoms with Gasteiger partial charge in [-0.1, -0.05) is 52.9 Å². The predicted molar refractivity (Wildman–Crippen MR) is 80.8 cm³/mol. The molecule has 0 heterocycles. The zero-order valence-corrected chi connectivity index (χ0v) is 12.8. The normalized spacial score (nSPS) is 23.3. The van der Waals surface area contributed by atoms with Crippen molar-refractivity contribution in [2.24, 2.45) is 11.7 Å². The number of hydrogen-bond donors (Lipinski definition) is 2. The highest BCUT2D eigenvalue weighted by Gasteiger charge is 2.30. The van der Waals surface area contributed by atoms with E-state index < -0.39 is 0 Å². The van der Waals surface area contributed by atoms with E-state index in [1.807, 2.05) is 0 Å². The highest BCUT2D eigenvalue weighted by molar-refractivity contribution is 4.92. The second kappa shape index (κ2) is 8.16. The zero-order valence-electron chi connectivity index (χ0n) is 12.8. The van der Waals surface area contributed by atoms with Gasteiger partial charge >= 0.3 is 0 Å². The summed E-state index contributed by atoms with van der Waals surface area (Å²) in [6.45, 7) is 7.71. The largest absolute Gasteiger partial charge is 0.329 e. The minimum atomic E-state index is 0.185. The van der Waals surface area contributed by atoms with Crippen LogP contribution in [0.4, 0.5) is 0 Å². The van der Waals surface area contributed by atoms with Gasteiger partial charge in [-0.25, -0.2) is 0 Å². The van der Waals surface area contributed by atoms with E-state index in [1.54, 1.807) is 0 Å². The Labute approximate surface area is 114 Å². The van der Waals surface area contributed by atoms with Crippen LogP contribution in [0.3, 0.4) is 0 Å². The van der Waals surface area contributed by atoms with Crippen molar-refractivity contribution in [3.8, 4) is 0 Å². The van der Waals surface area contributed by atoms with Gasteiger partial charge in [0.1, 0.15) is 0 Å². The molecule has 3 N–H and O–H groups in total. The molecule has 0 aromatic carbocycles. The van der Waals surface area contributed by atoms with Gasteiger partial charge in [0.05, 0.1) is 0 Å². The van der Waals surface area contributed by atoms with Crippen molar-refractivity contribution < 1.29 is 0 Å². The summed E-state index contributed by atoms with van der Waals surface area (Å²) >= 11 is 0. The maximum atomic E-state index is 6.12. The fraction of sp³-hybridized carbons (Fsp3) is 1.00. The van der Waals surface area contributed by atoms with Crippen LogP contribution in [0.15, 0.2) is 0 Å². The molecule has 1 aliphatic carbocycles. The van der Waals surface area contributed by atoms with Gasteiger partial charge in [-0.05, 0) is 31.6 Å². The SMILES string of the molecule is CCC(C)CC(CC)(CN)NC1CCCCCC1. The van der Waals surface area contributed by atoms with Crippen LogP contribution in [0.2, 0.25) is 0 Å². The Kier molecular flexibility index (Phi) is 7.25. The first-order chi connectivity index (χ1) is 8.65. The molecule has 0 bridgehead atoms. The van der Waals surface area contributed by atoms with Crippen LogP contribution in [-0.4, -0.2) is 18.1 Å². The van der Waals surface area contributed by atoms with Gasteiger partial charge in [-0.15, -0.1) is 0 Å². The second-order valence-electron chi connectivity index (χ2n) is 6.39. The Morgan fingerprint density at radius 1 is 1.17 bits per heavy atom. The van der Waals surface area contributed by atoms with Crippen LogP contribution in [0.25, 0.3) is 0 Å². The second-order valence-corrected chi connectivity index (χ2v) is 6.39. The van der Waals surface area contributed by atoms with E-state index >= 15 is 0 Å². The maximum absolute atomic E-state index is 6.12. The quantitative estimate of drug-likeness (QED) is 0.677. The standard InChI is InChI=1S/C16H34N2/c1-4-14(3)12-16(5-2,13-17)18-15-10-8-6-7-9-11-15/h14-15,18H,4-13,17H2,1-3H3. The lowest BCUT2D eigenvalue weighted by Crippen LogP contribution is -2.55. The molecule has 2 nitrogen and oxygen atoms in total. The van der Waals surface area contributed by atoms with Crippen LogP contribution in [-0.2, 0) is 0 Å². The van der Waals surface area contributed by atoms with Crippen molar-refractivity contribution in [3.63, 3.8) is 0 Å². The van der Waals surface area contributed by atoms with E-state index in [1.165, 1.54) is 51.4 Å². The van der Waals surface area contributed by atoms with E-state index in [9.17, 15) is 0 Å². The highest BCUT2D eigenvalue weighted by Crippen LogP contribution is 2.26. The van der Waals surface area contributed by atoms with E-state index in [4.69, 9.17) is 5.73 Å². The first-order valence-electron chi connectivity index (χ1n) is 8.13. The summed E-state index contributed by atoms with van der Waals surface area (Å²) < 4.78 is 0. The average Bonchev–Trinajstić information content (AvgIpc) is 2.66. The van der Waals surface area contributed by atoms with Gasteiger partial charge in [-0.3, -0.25) is 0 Å². The maximum Gasteiger partial charge on any atom is 0.0306 e. The summed E-state index contributed by atoms with van der Waals surface area (Å²) in [7, 11) is 0. The molecular weight excluding hydrogens is 220 g/mol. The third kappa shape index (κ3) is 4.89. The number of nitrogens with two attached hydrogens (primary N) is 1. The summed E-state index contributed by atoms with van der Waals surface area (Å²) in [4.78, 5) is 0. The fourth-order valence-corrected chi connectivity index (χ4v) is 3.26. The topological polar surface area (TPSA) is 38.0 Å². The molecule has 0 saturated heterocycles. The molecule has 2 unspecified atom stereocenters. The summed E-state index contributed by atoms with van der Waals surface area (Å²) in [5, 5.41) is 3.95. The molecule has 1 aliphatic rings. The summed E-state index contributed by atoms with van der Waals surface area (Å²) in [6.07, 6.45) is 12.0. The third-order valence-electron chi connectivity index (χ3n) is 4.87. The molecule has 18 heavy (non-hydrogen) atoms. The van der Waals surface area contributed by atoms with Crippen molar-refractivity contribution in [2.45, 2.75) is 90.1 Å². The highest BCUT2D eigenvalue weighted by atomic mass is 15.0. The molecular formula is C16H34N2. The lowest BCUT2D eigenvalue weighted by molar-refractivity contribution is 0.218. The van der Waals surface area contributed by atoms with Crippen molar-refractivity contribution in [3.05, 3.63) is 0 Å². The van der Waals surface area contributed by atoms with Crippen molar-refractivity contribution in [2.75, 3.05) is 6.54 Å². The molecule has 108 valence electrons. The van der Waals surface area contributed by atoms with Gasteiger partial charge in [0, 0.05) is 18.1 Å². The molecule has 0 spiro atoms. The summed E-state index contributed by atoms with van der Waals surface area (Å²) in [5.74, 6) is 0.770. The third-order valence-corrected chi connectivity index (χ3v) is 4.87. The Balaban J connectivity index is 2.58.